The van der Waals surface area contributed by atoms with Crippen molar-refractivity contribution in [2.24, 2.45) is 0 Å². The average Bonchev–Trinajstić information content (AvgIpc) is 2.92. The van der Waals surface area contributed by atoms with Gasteiger partial charge in [0.15, 0.2) is 0 Å². The monoisotopic (exact) mass is 271 g/mol. The number of rotatable bonds is 4. The van der Waals surface area contributed by atoms with Crippen LogP contribution in [-0.4, -0.2) is 36.1 Å². The molecule has 0 aliphatic carbocycles. The molecule has 0 saturated carbocycles. The molecular formula is C13H13N5O2. The molecule has 0 aliphatic heterocycles. The molecule has 20 heavy (non-hydrogen) atoms. The molecule has 0 fully saturated rings. The smallest absolute Gasteiger partial charge is 0.277 e. The number of aromatic nitrogens is 5. The van der Waals surface area contributed by atoms with Gasteiger partial charge in [0.25, 0.3) is 11.3 Å². The molecule has 3 aromatic rings. The number of aliphatic hydroxyl groups excluding tert-OH is 1. The number of hydrogen-bond acceptors (Lipinski definition) is 5. The van der Waals surface area contributed by atoms with Gasteiger partial charge in [0.1, 0.15) is 12.0 Å². The van der Waals surface area contributed by atoms with E-state index in [0.717, 1.165) is 5.56 Å². The molecule has 0 saturated heterocycles. The van der Waals surface area contributed by atoms with Crippen molar-refractivity contribution in [1.29, 1.82) is 0 Å². The molecule has 1 N–H and O–H groups in total. The Bertz CT molecular complexity index is 778. The number of aliphatic hydroxyl groups is 1. The summed E-state index contributed by atoms with van der Waals surface area (Å²) < 4.78 is 2.84. The maximum absolute atomic E-state index is 12.4. The van der Waals surface area contributed by atoms with E-state index >= 15 is 0 Å². The van der Waals surface area contributed by atoms with Crippen molar-refractivity contribution < 1.29 is 5.11 Å². The van der Waals surface area contributed by atoms with Crippen LogP contribution in [0.2, 0.25) is 0 Å². The minimum Gasteiger partial charge on any atom is -0.395 e. The first-order valence-corrected chi connectivity index (χ1v) is 6.24. The van der Waals surface area contributed by atoms with E-state index in [4.69, 9.17) is 5.11 Å². The average molecular weight is 271 g/mol. The zero-order chi connectivity index (χ0) is 13.9. The summed E-state index contributed by atoms with van der Waals surface area (Å²) in [6, 6.07) is 9.63. The molecule has 2 heterocycles. The van der Waals surface area contributed by atoms with E-state index in [1.807, 2.05) is 30.3 Å². The molecule has 2 aromatic heterocycles. The van der Waals surface area contributed by atoms with Crippen molar-refractivity contribution in [3.63, 3.8) is 0 Å². The highest BCUT2D eigenvalue weighted by atomic mass is 16.3. The standard InChI is InChI=1S/C13H13N5O2/c19-7-6-17-12(20)11(8-10-4-2-1-3-5-10)16-18-9-14-15-13(17)18/h1-5,9,19H,6-8H2. The lowest BCUT2D eigenvalue weighted by atomic mass is 10.1. The minimum atomic E-state index is -0.247. The molecule has 7 heteroatoms. The van der Waals surface area contributed by atoms with Gasteiger partial charge < -0.3 is 5.11 Å². The number of hydrogen-bond donors (Lipinski definition) is 1. The summed E-state index contributed by atoms with van der Waals surface area (Å²) in [7, 11) is 0. The third-order valence-corrected chi connectivity index (χ3v) is 3.01. The Balaban J connectivity index is 2.11. The largest absolute Gasteiger partial charge is 0.395 e. The first-order chi connectivity index (χ1) is 9.79. The van der Waals surface area contributed by atoms with Crippen molar-refractivity contribution in [3.05, 3.63) is 58.3 Å². The van der Waals surface area contributed by atoms with Crippen LogP contribution in [0.4, 0.5) is 0 Å². The highest BCUT2D eigenvalue weighted by molar-refractivity contribution is 5.27. The summed E-state index contributed by atoms with van der Waals surface area (Å²) in [5.74, 6) is 0.334. The highest BCUT2D eigenvalue weighted by Gasteiger charge is 2.12. The van der Waals surface area contributed by atoms with Crippen LogP contribution in [0, 0.1) is 0 Å². The zero-order valence-corrected chi connectivity index (χ0v) is 10.7. The lowest BCUT2D eigenvalue weighted by Crippen LogP contribution is -2.29. The van der Waals surface area contributed by atoms with Gasteiger partial charge in [-0.2, -0.15) is 9.61 Å². The Morgan fingerprint density at radius 2 is 2.00 bits per heavy atom. The van der Waals surface area contributed by atoms with Crippen LogP contribution in [0.5, 0.6) is 0 Å². The second kappa shape index (κ2) is 5.22. The molecule has 0 bridgehead atoms. The third kappa shape index (κ3) is 2.19. The van der Waals surface area contributed by atoms with Gasteiger partial charge in [0.05, 0.1) is 13.2 Å². The van der Waals surface area contributed by atoms with E-state index in [0.29, 0.717) is 17.9 Å². The van der Waals surface area contributed by atoms with E-state index in [2.05, 4.69) is 15.3 Å². The second-order valence-electron chi connectivity index (χ2n) is 4.36. The lowest BCUT2D eigenvalue weighted by molar-refractivity contribution is 0.274. The molecule has 0 atom stereocenters. The van der Waals surface area contributed by atoms with Gasteiger partial charge in [-0.15, -0.1) is 10.2 Å². The molecule has 102 valence electrons. The molecule has 3 rings (SSSR count). The molecule has 0 spiro atoms. The highest BCUT2D eigenvalue weighted by Crippen LogP contribution is 2.04. The van der Waals surface area contributed by atoms with Crippen molar-refractivity contribution in [1.82, 2.24) is 24.4 Å². The van der Waals surface area contributed by atoms with Gasteiger partial charge in [-0.3, -0.25) is 9.36 Å². The van der Waals surface area contributed by atoms with Gasteiger partial charge in [-0.05, 0) is 5.56 Å². The quantitative estimate of drug-likeness (QED) is 0.714. The van der Waals surface area contributed by atoms with Gasteiger partial charge in [0.2, 0.25) is 0 Å². The normalized spacial score (nSPS) is 11.1. The van der Waals surface area contributed by atoms with Crippen LogP contribution in [-0.2, 0) is 13.0 Å². The van der Waals surface area contributed by atoms with Crippen molar-refractivity contribution >= 4 is 5.78 Å². The van der Waals surface area contributed by atoms with Crippen LogP contribution >= 0.6 is 0 Å². The van der Waals surface area contributed by atoms with Crippen LogP contribution in [0.3, 0.4) is 0 Å². The third-order valence-electron chi connectivity index (χ3n) is 3.01. The number of nitrogens with zero attached hydrogens (tertiary/aromatic N) is 5. The summed E-state index contributed by atoms with van der Waals surface area (Å²) in [6.07, 6.45) is 1.87. The maximum Gasteiger partial charge on any atom is 0.277 e. The number of benzene rings is 1. The van der Waals surface area contributed by atoms with Crippen molar-refractivity contribution in [2.75, 3.05) is 6.61 Å². The Kier molecular flexibility index (Phi) is 3.26. The van der Waals surface area contributed by atoms with E-state index in [1.54, 1.807) is 0 Å². The van der Waals surface area contributed by atoms with E-state index in [1.165, 1.54) is 15.4 Å². The first kappa shape index (κ1) is 12.5. The fourth-order valence-corrected chi connectivity index (χ4v) is 2.09. The first-order valence-electron chi connectivity index (χ1n) is 6.24. The Morgan fingerprint density at radius 3 is 2.75 bits per heavy atom. The topological polar surface area (TPSA) is 85.3 Å². The Labute approximate surface area is 114 Å². The fraction of sp³-hybridized carbons (Fsp3) is 0.231. The van der Waals surface area contributed by atoms with Crippen LogP contribution in [0.25, 0.3) is 5.78 Å². The SMILES string of the molecule is O=c1c(Cc2ccccc2)nn2cnnc2n1CCO. The molecule has 0 unspecified atom stereocenters. The fourth-order valence-electron chi connectivity index (χ4n) is 2.09. The zero-order valence-electron chi connectivity index (χ0n) is 10.7. The van der Waals surface area contributed by atoms with Gasteiger partial charge >= 0.3 is 0 Å². The second-order valence-corrected chi connectivity index (χ2v) is 4.36. The summed E-state index contributed by atoms with van der Waals surface area (Å²) in [6.45, 7) is 0.0303. The van der Waals surface area contributed by atoms with Gasteiger partial charge in [-0.1, -0.05) is 30.3 Å². The number of fused-ring (bicyclic) bond motifs is 1. The molecule has 0 amide bonds. The molecular weight excluding hydrogens is 258 g/mol. The molecule has 0 radical (unpaired) electrons. The minimum absolute atomic E-state index is 0.142. The van der Waals surface area contributed by atoms with E-state index in [9.17, 15) is 4.79 Å². The molecule has 0 aliphatic rings. The van der Waals surface area contributed by atoms with E-state index < -0.39 is 0 Å². The van der Waals surface area contributed by atoms with Crippen molar-refractivity contribution in [2.45, 2.75) is 13.0 Å². The maximum atomic E-state index is 12.4. The summed E-state index contributed by atoms with van der Waals surface area (Å²) >= 11 is 0. The predicted molar refractivity (Wildman–Crippen MR) is 71.4 cm³/mol. The summed E-state index contributed by atoms with van der Waals surface area (Å²) in [5.41, 5.74) is 1.15. The van der Waals surface area contributed by atoms with Crippen LogP contribution < -0.4 is 5.56 Å². The van der Waals surface area contributed by atoms with Crippen LogP contribution in [0.15, 0.2) is 41.5 Å². The Hall–Kier alpha value is -2.54. The summed E-state index contributed by atoms with van der Waals surface area (Å²) in [4.78, 5) is 12.4. The van der Waals surface area contributed by atoms with Gasteiger partial charge in [-0.25, -0.2) is 0 Å². The molecule has 7 nitrogen and oxygen atoms in total. The lowest BCUT2D eigenvalue weighted by Gasteiger charge is -2.07. The van der Waals surface area contributed by atoms with Gasteiger partial charge in [0, 0.05) is 6.42 Å². The molecule has 1 aromatic carbocycles. The summed E-state index contributed by atoms with van der Waals surface area (Å²) in [5, 5.41) is 20.9. The Morgan fingerprint density at radius 1 is 1.20 bits per heavy atom. The predicted octanol–water partition coefficient (Wildman–Crippen LogP) is -0.131. The van der Waals surface area contributed by atoms with E-state index in [-0.39, 0.29) is 18.7 Å². The van der Waals surface area contributed by atoms with Crippen LogP contribution in [0.1, 0.15) is 11.3 Å². The van der Waals surface area contributed by atoms with Crippen molar-refractivity contribution in [3.8, 4) is 0 Å².